The summed E-state index contributed by atoms with van der Waals surface area (Å²) in [7, 11) is 3.90. The Hall–Kier alpha value is -0.900. The van der Waals surface area contributed by atoms with Crippen LogP contribution in [0.3, 0.4) is 0 Å². The second kappa shape index (κ2) is 7.92. The summed E-state index contributed by atoms with van der Waals surface area (Å²) in [4.78, 5) is 2.55. The zero-order chi connectivity index (χ0) is 15.2. The molecule has 3 atom stereocenters. The molecule has 3 heteroatoms. The zero-order valence-corrected chi connectivity index (χ0v) is 13.9. The number of rotatable bonds is 6. The highest BCUT2D eigenvalue weighted by atomic mass is 16.5. The first kappa shape index (κ1) is 16.5. The average molecular weight is 290 g/mol. The predicted molar refractivity (Wildman–Crippen MR) is 88.6 cm³/mol. The van der Waals surface area contributed by atoms with Crippen LogP contribution in [-0.4, -0.2) is 44.8 Å². The van der Waals surface area contributed by atoms with Gasteiger partial charge in [0, 0.05) is 26.2 Å². The molecule has 2 rings (SSSR count). The molecule has 118 valence electrons. The number of nitrogens with one attached hydrogen (secondary N) is 1. The number of piperidine rings is 1. The number of hydrogen-bond donors (Lipinski definition) is 1. The van der Waals surface area contributed by atoms with Crippen LogP contribution in [-0.2, 0) is 4.74 Å². The first-order valence-corrected chi connectivity index (χ1v) is 8.13. The third-order valence-corrected chi connectivity index (χ3v) is 4.84. The Morgan fingerprint density at radius 3 is 2.67 bits per heavy atom. The largest absolute Gasteiger partial charge is 0.380 e. The van der Waals surface area contributed by atoms with E-state index in [9.17, 15) is 0 Å². The van der Waals surface area contributed by atoms with E-state index in [1.165, 1.54) is 24.1 Å². The summed E-state index contributed by atoms with van der Waals surface area (Å²) in [5.74, 6) is 0.684. The molecule has 1 saturated heterocycles. The number of ether oxygens (including phenoxy) is 1. The summed E-state index contributed by atoms with van der Waals surface area (Å²) >= 11 is 0. The van der Waals surface area contributed by atoms with E-state index in [1.807, 2.05) is 7.11 Å². The Balaban J connectivity index is 1.87. The van der Waals surface area contributed by atoms with Gasteiger partial charge in [-0.15, -0.1) is 0 Å². The van der Waals surface area contributed by atoms with Gasteiger partial charge >= 0.3 is 0 Å². The van der Waals surface area contributed by atoms with Crippen molar-refractivity contribution >= 4 is 0 Å². The fourth-order valence-electron chi connectivity index (χ4n) is 3.20. The smallest absolute Gasteiger partial charge is 0.0724 e. The van der Waals surface area contributed by atoms with Crippen LogP contribution in [0.4, 0.5) is 0 Å². The number of nitrogens with zero attached hydrogens (tertiary/aromatic N) is 1. The molecule has 0 amide bonds. The van der Waals surface area contributed by atoms with Crippen molar-refractivity contribution in [3.05, 3.63) is 35.4 Å². The number of likely N-dealkylation sites (tertiary alicyclic amines) is 1. The minimum Gasteiger partial charge on any atom is -0.380 e. The van der Waals surface area contributed by atoms with Gasteiger partial charge in [-0.3, -0.25) is 0 Å². The van der Waals surface area contributed by atoms with E-state index in [0.717, 1.165) is 19.5 Å². The number of aryl methyl sites for hydroxylation is 1. The van der Waals surface area contributed by atoms with Crippen LogP contribution in [0.15, 0.2) is 24.3 Å². The lowest BCUT2D eigenvalue weighted by Gasteiger charge is -2.36. The molecule has 21 heavy (non-hydrogen) atoms. The first-order valence-electron chi connectivity index (χ1n) is 8.13. The van der Waals surface area contributed by atoms with E-state index in [4.69, 9.17) is 4.74 Å². The maximum atomic E-state index is 5.61. The van der Waals surface area contributed by atoms with E-state index >= 15 is 0 Å². The summed E-state index contributed by atoms with van der Waals surface area (Å²) < 4.78 is 5.61. The van der Waals surface area contributed by atoms with Crippen molar-refractivity contribution in [2.45, 2.75) is 38.8 Å². The summed E-state index contributed by atoms with van der Waals surface area (Å²) in [6.45, 7) is 7.84. The van der Waals surface area contributed by atoms with Crippen LogP contribution in [0.25, 0.3) is 0 Å². The van der Waals surface area contributed by atoms with Gasteiger partial charge in [0.1, 0.15) is 0 Å². The van der Waals surface area contributed by atoms with Gasteiger partial charge in [0.25, 0.3) is 0 Å². The van der Waals surface area contributed by atoms with E-state index in [1.54, 1.807) is 0 Å². The predicted octanol–water partition coefficient (Wildman–Crippen LogP) is 3.00. The van der Waals surface area contributed by atoms with Crippen molar-refractivity contribution in [3.63, 3.8) is 0 Å². The van der Waals surface area contributed by atoms with Crippen LogP contribution < -0.4 is 5.32 Å². The molecular weight excluding hydrogens is 260 g/mol. The molecule has 0 saturated carbocycles. The highest BCUT2D eigenvalue weighted by molar-refractivity contribution is 5.24. The molecule has 0 aromatic heterocycles. The van der Waals surface area contributed by atoms with Gasteiger partial charge in [-0.1, -0.05) is 36.8 Å². The van der Waals surface area contributed by atoms with E-state index in [0.29, 0.717) is 18.1 Å². The minimum absolute atomic E-state index is 0.395. The second-order valence-corrected chi connectivity index (χ2v) is 6.38. The van der Waals surface area contributed by atoms with Crippen molar-refractivity contribution in [3.8, 4) is 0 Å². The first-order chi connectivity index (χ1) is 10.1. The number of benzene rings is 1. The Morgan fingerprint density at radius 2 is 2.05 bits per heavy atom. The average Bonchev–Trinajstić information content (AvgIpc) is 2.51. The highest BCUT2D eigenvalue weighted by Gasteiger charge is 2.26. The van der Waals surface area contributed by atoms with Gasteiger partial charge in [0.05, 0.1) is 6.10 Å². The molecule has 1 aromatic rings. The van der Waals surface area contributed by atoms with Crippen molar-refractivity contribution in [1.82, 2.24) is 10.2 Å². The SMILES string of the molecule is CNC(CCN1CCC(C)C(OC)C1)c1ccc(C)cc1. The van der Waals surface area contributed by atoms with Crippen LogP contribution >= 0.6 is 0 Å². The van der Waals surface area contributed by atoms with Crippen LogP contribution in [0, 0.1) is 12.8 Å². The van der Waals surface area contributed by atoms with E-state index in [-0.39, 0.29) is 0 Å². The maximum absolute atomic E-state index is 5.61. The highest BCUT2D eigenvalue weighted by Crippen LogP contribution is 2.22. The molecular formula is C18H30N2O. The van der Waals surface area contributed by atoms with E-state index in [2.05, 4.69) is 55.4 Å². The lowest BCUT2D eigenvalue weighted by molar-refractivity contribution is -0.00576. The topological polar surface area (TPSA) is 24.5 Å². The molecule has 1 aliphatic rings. The Bertz CT molecular complexity index is 418. The van der Waals surface area contributed by atoms with Gasteiger partial charge in [0.2, 0.25) is 0 Å². The molecule has 0 radical (unpaired) electrons. The standard InChI is InChI=1S/C18H30N2O/c1-14-5-7-16(8-6-14)17(19-3)10-12-20-11-9-15(2)18(13-20)21-4/h5-8,15,17-19H,9-13H2,1-4H3. The molecule has 0 bridgehead atoms. The van der Waals surface area contributed by atoms with Crippen molar-refractivity contribution in [2.24, 2.45) is 5.92 Å². The monoisotopic (exact) mass is 290 g/mol. The molecule has 3 nitrogen and oxygen atoms in total. The summed E-state index contributed by atoms with van der Waals surface area (Å²) in [5.41, 5.74) is 2.71. The van der Waals surface area contributed by atoms with Gasteiger partial charge < -0.3 is 15.0 Å². The Kier molecular flexibility index (Phi) is 6.22. The Labute approximate surface area is 129 Å². The lowest BCUT2D eigenvalue weighted by atomic mass is 9.95. The summed E-state index contributed by atoms with van der Waals surface area (Å²) in [6.07, 6.45) is 2.78. The molecule has 1 aromatic carbocycles. The van der Waals surface area contributed by atoms with Crippen molar-refractivity contribution in [2.75, 3.05) is 33.8 Å². The van der Waals surface area contributed by atoms with Gasteiger partial charge in [-0.25, -0.2) is 0 Å². The van der Waals surface area contributed by atoms with Crippen LogP contribution in [0.5, 0.6) is 0 Å². The normalized spacial score (nSPS) is 25.0. The molecule has 1 aliphatic heterocycles. The van der Waals surface area contributed by atoms with Crippen molar-refractivity contribution in [1.29, 1.82) is 0 Å². The Morgan fingerprint density at radius 1 is 1.33 bits per heavy atom. The fourth-order valence-corrected chi connectivity index (χ4v) is 3.20. The van der Waals surface area contributed by atoms with Gasteiger partial charge in [-0.05, 0) is 44.8 Å². The molecule has 3 unspecified atom stereocenters. The van der Waals surface area contributed by atoms with Gasteiger partial charge in [0.15, 0.2) is 0 Å². The minimum atomic E-state index is 0.395. The fraction of sp³-hybridized carbons (Fsp3) is 0.667. The van der Waals surface area contributed by atoms with Crippen LogP contribution in [0.2, 0.25) is 0 Å². The summed E-state index contributed by atoms with van der Waals surface area (Å²) in [5, 5.41) is 3.45. The molecule has 0 aliphatic carbocycles. The van der Waals surface area contributed by atoms with Crippen LogP contribution in [0.1, 0.15) is 36.9 Å². The molecule has 1 fully saturated rings. The second-order valence-electron chi connectivity index (χ2n) is 6.38. The molecule has 1 N–H and O–H groups in total. The third kappa shape index (κ3) is 4.53. The maximum Gasteiger partial charge on any atom is 0.0724 e. The quantitative estimate of drug-likeness (QED) is 0.871. The van der Waals surface area contributed by atoms with Gasteiger partial charge in [-0.2, -0.15) is 0 Å². The third-order valence-electron chi connectivity index (χ3n) is 4.84. The molecule has 1 heterocycles. The summed E-state index contributed by atoms with van der Waals surface area (Å²) in [6, 6.07) is 9.32. The number of hydrogen-bond acceptors (Lipinski definition) is 3. The van der Waals surface area contributed by atoms with Crippen molar-refractivity contribution < 1.29 is 4.74 Å². The van der Waals surface area contributed by atoms with E-state index < -0.39 is 0 Å². The lowest BCUT2D eigenvalue weighted by Crippen LogP contribution is -2.44. The number of methoxy groups -OCH3 is 1. The zero-order valence-electron chi connectivity index (χ0n) is 13.9. The molecule has 0 spiro atoms.